The topological polar surface area (TPSA) is 15.3 Å². The highest BCUT2D eigenvalue weighted by Crippen LogP contribution is 2.31. The highest BCUT2D eigenvalue weighted by atomic mass is 35.5. The van der Waals surface area contributed by atoms with Crippen LogP contribution in [0, 0.1) is 5.92 Å². The van der Waals surface area contributed by atoms with Gasteiger partial charge < -0.3 is 10.2 Å². The van der Waals surface area contributed by atoms with Gasteiger partial charge in [0.15, 0.2) is 0 Å². The summed E-state index contributed by atoms with van der Waals surface area (Å²) in [5, 5.41) is 5.23. The van der Waals surface area contributed by atoms with Crippen molar-refractivity contribution in [2.75, 3.05) is 26.7 Å². The number of benzene rings is 1. The molecule has 0 bridgehead atoms. The second-order valence-corrected chi connectivity index (χ2v) is 6.42. The molecule has 1 aliphatic heterocycles. The van der Waals surface area contributed by atoms with Gasteiger partial charge in [0, 0.05) is 23.7 Å². The number of likely N-dealkylation sites (tertiary alicyclic amines) is 1. The predicted molar refractivity (Wildman–Crippen MR) is 83.4 cm³/mol. The van der Waals surface area contributed by atoms with Gasteiger partial charge in [-0.3, -0.25) is 0 Å². The zero-order chi connectivity index (χ0) is 13.8. The van der Waals surface area contributed by atoms with Gasteiger partial charge in [-0.15, -0.1) is 0 Å². The monoisotopic (exact) mass is 320 g/mol. The van der Waals surface area contributed by atoms with Gasteiger partial charge in [-0.2, -0.15) is 0 Å². The first-order chi connectivity index (χ1) is 9.08. The molecular formula is C14H19Cl3N2. The smallest absolute Gasteiger partial charge is 0.0652 e. The van der Waals surface area contributed by atoms with Crippen molar-refractivity contribution in [1.82, 2.24) is 10.2 Å². The minimum absolute atomic E-state index is 0.556. The normalized spacial score (nSPS) is 20.7. The zero-order valence-corrected chi connectivity index (χ0v) is 13.3. The molecular weight excluding hydrogens is 303 g/mol. The SMILES string of the molecule is CN1CCCC(CNCc2c(Cl)ccc(Cl)c2Cl)C1. The summed E-state index contributed by atoms with van der Waals surface area (Å²) >= 11 is 18.3. The second-order valence-electron chi connectivity index (χ2n) is 5.22. The maximum Gasteiger partial charge on any atom is 0.0652 e. The molecule has 19 heavy (non-hydrogen) atoms. The van der Waals surface area contributed by atoms with E-state index in [0.29, 0.717) is 27.5 Å². The summed E-state index contributed by atoms with van der Waals surface area (Å²) in [4.78, 5) is 2.38. The van der Waals surface area contributed by atoms with Crippen molar-refractivity contribution in [2.24, 2.45) is 5.92 Å². The van der Waals surface area contributed by atoms with Crippen molar-refractivity contribution in [1.29, 1.82) is 0 Å². The zero-order valence-electron chi connectivity index (χ0n) is 11.1. The molecule has 2 rings (SSSR count). The summed E-state index contributed by atoms with van der Waals surface area (Å²) in [6.45, 7) is 4.02. The fraction of sp³-hybridized carbons (Fsp3) is 0.571. The molecule has 1 fully saturated rings. The number of piperidine rings is 1. The molecule has 1 saturated heterocycles. The van der Waals surface area contributed by atoms with Gasteiger partial charge in [0.1, 0.15) is 0 Å². The molecule has 1 heterocycles. The van der Waals surface area contributed by atoms with Crippen molar-refractivity contribution >= 4 is 34.8 Å². The summed E-state index contributed by atoms with van der Waals surface area (Å²) < 4.78 is 0. The molecule has 0 amide bonds. The van der Waals surface area contributed by atoms with E-state index in [-0.39, 0.29) is 0 Å². The molecule has 1 unspecified atom stereocenters. The molecule has 0 spiro atoms. The Morgan fingerprint density at radius 3 is 2.74 bits per heavy atom. The van der Waals surface area contributed by atoms with Crippen molar-refractivity contribution in [3.05, 3.63) is 32.8 Å². The molecule has 0 saturated carbocycles. The third-order valence-electron chi connectivity index (χ3n) is 3.60. The molecule has 0 aromatic heterocycles. The van der Waals surface area contributed by atoms with Crippen molar-refractivity contribution in [2.45, 2.75) is 19.4 Å². The van der Waals surface area contributed by atoms with Crippen LogP contribution in [0.1, 0.15) is 18.4 Å². The highest BCUT2D eigenvalue weighted by molar-refractivity contribution is 6.44. The number of hydrogen-bond acceptors (Lipinski definition) is 2. The van der Waals surface area contributed by atoms with Crippen molar-refractivity contribution in [3.8, 4) is 0 Å². The van der Waals surface area contributed by atoms with Crippen molar-refractivity contribution < 1.29 is 0 Å². The molecule has 0 radical (unpaired) electrons. The standard InChI is InChI=1S/C14H19Cl3N2/c1-19-6-2-3-10(9-19)7-18-8-11-12(15)4-5-13(16)14(11)17/h4-5,10,18H,2-3,6-9H2,1H3. The average molecular weight is 322 g/mol. The molecule has 1 aromatic rings. The van der Waals surface area contributed by atoms with Gasteiger partial charge in [-0.25, -0.2) is 0 Å². The summed E-state index contributed by atoms with van der Waals surface area (Å²) in [5.74, 6) is 0.704. The summed E-state index contributed by atoms with van der Waals surface area (Å²) in [5.41, 5.74) is 0.889. The van der Waals surface area contributed by atoms with E-state index >= 15 is 0 Å². The van der Waals surface area contributed by atoms with E-state index < -0.39 is 0 Å². The largest absolute Gasteiger partial charge is 0.312 e. The molecule has 106 valence electrons. The molecule has 1 aromatic carbocycles. The molecule has 1 atom stereocenters. The Morgan fingerprint density at radius 2 is 2.00 bits per heavy atom. The van der Waals surface area contributed by atoms with Gasteiger partial charge in [0.25, 0.3) is 0 Å². The van der Waals surface area contributed by atoms with Gasteiger partial charge in [-0.1, -0.05) is 34.8 Å². The Bertz CT molecular complexity index is 437. The van der Waals surface area contributed by atoms with Gasteiger partial charge in [0.2, 0.25) is 0 Å². The van der Waals surface area contributed by atoms with E-state index in [4.69, 9.17) is 34.8 Å². The maximum atomic E-state index is 6.18. The van der Waals surface area contributed by atoms with Crippen LogP contribution in [0.5, 0.6) is 0 Å². The number of halogens is 3. The van der Waals surface area contributed by atoms with Gasteiger partial charge in [0.05, 0.1) is 10.0 Å². The Balaban J connectivity index is 1.87. The molecule has 1 aliphatic rings. The first kappa shape index (κ1) is 15.4. The van der Waals surface area contributed by atoms with Crippen LogP contribution in [0.15, 0.2) is 12.1 Å². The van der Waals surface area contributed by atoms with Crippen LogP contribution in [-0.4, -0.2) is 31.6 Å². The number of hydrogen-bond donors (Lipinski definition) is 1. The Hall–Kier alpha value is 0.01000. The maximum absolute atomic E-state index is 6.18. The summed E-state index contributed by atoms with van der Waals surface area (Å²) in [6, 6.07) is 3.52. The van der Waals surface area contributed by atoms with Crippen LogP contribution in [0.2, 0.25) is 15.1 Å². The number of nitrogens with zero attached hydrogens (tertiary/aromatic N) is 1. The van der Waals surface area contributed by atoms with Crippen LogP contribution in [0.25, 0.3) is 0 Å². The van der Waals surface area contributed by atoms with Crippen LogP contribution >= 0.6 is 34.8 Å². The lowest BCUT2D eigenvalue weighted by molar-refractivity contribution is 0.206. The first-order valence-corrected chi connectivity index (χ1v) is 7.73. The van der Waals surface area contributed by atoms with Gasteiger partial charge >= 0.3 is 0 Å². The lowest BCUT2D eigenvalue weighted by atomic mass is 9.98. The van der Waals surface area contributed by atoms with E-state index in [1.54, 1.807) is 12.1 Å². The van der Waals surface area contributed by atoms with E-state index in [1.807, 2.05) is 0 Å². The van der Waals surface area contributed by atoms with E-state index in [1.165, 1.54) is 19.4 Å². The Kier molecular flexibility index (Phi) is 5.79. The van der Waals surface area contributed by atoms with E-state index in [9.17, 15) is 0 Å². The van der Waals surface area contributed by atoms with Crippen LogP contribution in [0.4, 0.5) is 0 Å². The molecule has 0 aliphatic carbocycles. The second kappa shape index (κ2) is 7.14. The lowest BCUT2D eigenvalue weighted by Gasteiger charge is -2.29. The van der Waals surface area contributed by atoms with E-state index in [0.717, 1.165) is 18.7 Å². The highest BCUT2D eigenvalue weighted by Gasteiger charge is 2.17. The van der Waals surface area contributed by atoms with Gasteiger partial charge in [-0.05, 0) is 51.0 Å². The fourth-order valence-corrected chi connectivity index (χ4v) is 3.25. The Morgan fingerprint density at radius 1 is 1.26 bits per heavy atom. The lowest BCUT2D eigenvalue weighted by Crippen LogP contribution is -2.37. The molecule has 1 N–H and O–H groups in total. The predicted octanol–water partition coefficient (Wildman–Crippen LogP) is 4.08. The molecule has 2 nitrogen and oxygen atoms in total. The third kappa shape index (κ3) is 4.24. The number of nitrogens with one attached hydrogen (secondary N) is 1. The summed E-state index contributed by atoms with van der Waals surface area (Å²) in [6.07, 6.45) is 2.57. The Labute approximate surface area is 130 Å². The van der Waals surface area contributed by atoms with Crippen LogP contribution in [-0.2, 0) is 6.54 Å². The van der Waals surface area contributed by atoms with E-state index in [2.05, 4.69) is 17.3 Å². The first-order valence-electron chi connectivity index (χ1n) is 6.59. The quantitative estimate of drug-likeness (QED) is 0.841. The number of rotatable bonds is 4. The third-order valence-corrected chi connectivity index (χ3v) is 4.79. The van der Waals surface area contributed by atoms with Crippen LogP contribution < -0.4 is 5.32 Å². The molecule has 5 heteroatoms. The fourth-order valence-electron chi connectivity index (χ4n) is 2.57. The summed E-state index contributed by atoms with van der Waals surface area (Å²) in [7, 11) is 2.18. The minimum Gasteiger partial charge on any atom is -0.312 e. The van der Waals surface area contributed by atoms with Crippen molar-refractivity contribution in [3.63, 3.8) is 0 Å². The van der Waals surface area contributed by atoms with Crippen LogP contribution in [0.3, 0.4) is 0 Å². The average Bonchev–Trinajstić information content (AvgIpc) is 2.38. The minimum atomic E-state index is 0.556.